The van der Waals surface area contributed by atoms with Gasteiger partial charge in [-0.2, -0.15) is 0 Å². The molecule has 0 aliphatic carbocycles. The number of hydrogen-bond donors (Lipinski definition) is 1. The molecule has 84 valence electrons. The SMILES string of the molecule is CC1(C)Cc2cc(/C=C\C(N)=O)ccc2O1. The van der Waals surface area contributed by atoms with Crippen LogP contribution in [0.2, 0.25) is 0 Å². The van der Waals surface area contributed by atoms with Crippen molar-refractivity contribution in [3.05, 3.63) is 35.4 Å². The van der Waals surface area contributed by atoms with E-state index in [0.717, 1.165) is 17.7 Å². The van der Waals surface area contributed by atoms with Gasteiger partial charge in [-0.05, 0) is 43.2 Å². The van der Waals surface area contributed by atoms with Gasteiger partial charge in [-0.3, -0.25) is 4.79 Å². The number of rotatable bonds is 2. The average Bonchev–Trinajstić information content (AvgIpc) is 2.47. The van der Waals surface area contributed by atoms with Gasteiger partial charge in [-0.1, -0.05) is 6.07 Å². The summed E-state index contributed by atoms with van der Waals surface area (Å²) in [5.74, 6) is 0.498. The molecule has 1 heterocycles. The van der Waals surface area contributed by atoms with Crippen LogP contribution < -0.4 is 10.5 Å². The molecule has 0 unspecified atom stereocenters. The lowest BCUT2D eigenvalue weighted by Gasteiger charge is -2.16. The highest BCUT2D eigenvalue weighted by Crippen LogP contribution is 2.35. The van der Waals surface area contributed by atoms with E-state index in [1.165, 1.54) is 11.6 Å². The molecule has 16 heavy (non-hydrogen) atoms. The number of ether oxygens (including phenoxy) is 1. The third kappa shape index (κ3) is 2.24. The standard InChI is InChI=1S/C13H15NO2/c1-13(2)8-10-7-9(4-6-12(14)15)3-5-11(10)16-13/h3-7H,8H2,1-2H3,(H2,14,15)/b6-4-. The van der Waals surface area contributed by atoms with Gasteiger partial charge in [0, 0.05) is 12.5 Å². The van der Waals surface area contributed by atoms with Crippen molar-refractivity contribution < 1.29 is 9.53 Å². The maximum Gasteiger partial charge on any atom is 0.241 e. The lowest BCUT2D eigenvalue weighted by Crippen LogP contribution is -2.24. The molecule has 1 amide bonds. The zero-order valence-corrected chi connectivity index (χ0v) is 9.49. The van der Waals surface area contributed by atoms with E-state index in [0.29, 0.717) is 0 Å². The van der Waals surface area contributed by atoms with Crippen LogP contribution in [0, 0.1) is 0 Å². The number of carbonyl (C=O) groups excluding carboxylic acids is 1. The van der Waals surface area contributed by atoms with Crippen molar-refractivity contribution in [2.45, 2.75) is 25.9 Å². The quantitative estimate of drug-likeness (QED) is 0.769. The number of nitrogens with two attached hydrogens (primary N) is 1. The van der Waals surface area contributed by atoms with Gasteiger partial charge in [0.2, 0.25) is 5.91 Å². The van der Waals surface area contributed by atoms with Gasteiger partial charge in [0.05, 0.1) is 0 Å². The maximum atomic E-state index is 10.6. The molecule has 3 heteroatoms. The molecule has 0 aromatic heterocycles. The Balaban J connectivity index is 2.26. The number of primary amides is 1. The second-order valence-electron chi connectivity index (χ2n) is 4.64. The predicted molar refractivity (Wildman–Crippen MR) is 63.1 cm³/mol. The first-order valence-electron chi connectivity index (χ1n) is 5.26. The molecule has 0 spiro atoms. The molecule has 1 aromatic rings. The number of hydrogen-bond acceptors (Lipinski definition) is 2. The highest BCUT2D eigenvalue weighted by atomic mass is 16.5. The van der Waals surface area contributed by atoms with Crippen LogP contribution in [0.3, 0.4) is 0 Å². The van der Waals surface area contributed by atoms with Crippen molar-refractivity contribution in [1.29, 1.82) is 0 Å². The van der Waals surface area contributed by atoms with Crippen LogP contribution in [0.5, 0.6) is 5.75 Å². The summed E-state index contributed by atoms with van der Waals surface area (Å²) in [4.78, 5) is 10.6. The largest absolute Gasteiger partial charge is 0.487 e. The molecule has 0 atom stereocenters. The fourth-order valence-corrected chi connectivity index (χ4v) is 1.91. The number of fused-ring (bicyclic) bond motifs is 1. The first kappa shape index (κ1) is 10.7. The molecule has 0 fully saturated rings. The van der Waals surface area contributed by atoms with Gasteiger partial charge in [0.15, 0.2) is 0 Å². The van der Waals surface area contributed by atoms with Gasteiger partial charge in [0.1, 0.15) is 11.4 Å². The first-order valence-corrected chi connectivity index (χ1v) is 5.26. The Labute approximate surface area is 94.9 Å². The lowest BCUT2D eigenvalue weighted by molar-refractivity contribution is -0.113. The van der Waals surface area contributed by atoms with Crippen molar-refractivity contribution in [3.63, 3.8) is 0 Å². The normalized spacial score (nSPS) is 17.1. The minimum atomic E-state index is -0.433. The summed E-state index contributed by atoms with van der Waals surface area (Å²) >= 11 is 0. The summed E-state index contributed by atoms with van der Waals surface area (Å²) in [5, 5.41) is 0. The Hall–Kier alpha value is -1.77. The van der Waals surface area contributed by atoms with Crippen molar-refractivity contribution in [2.24, 2.45) is 5.73 Å². The summed E-state index contributed by atoms with van der Waals surface area (Å²) in [6, 6.07) is 5.88. The highest BCUT2D eigenvalue weighted by Gasteiger charge is 2.29. The van der Waals surface area contributed by atoms with Crippen LogP contribution in [-0.2, 0) is 11.2 Å². The molecule has 2 rings (SSSR count). The van der Waals surface area contributed by atoms with E-state index in [4.69, 9.17) is 10.5 Å². The monoisotopic (exact) mass is 217 g/mol. The lowest BCUT2D eigenvalue weighted by atomic mass is 10.00. The van der Waals surface area contributed by atoms with Crippen molar-refractivity contribution in [3.8, 4) is 5.75 Å². The van der Waals surface area contributed by atoms with Crippen LogP contribution in [0.25, 0.3) is 6.08 Å². The minimum Gasteiger partial charge on any atom is -0.487 e. The van der Waals surface area contributed by atoms with E-state index in [-0.39, 0.29) is 5.60 Å². The topological polar surface area (TPSA) is 52.3 Å². The summed E-state index contributed by atoms with van der Waals surface area (Å²) < 4.78 is 5.76. The minimum absolute atomic E-state index is 0.131. The molecular weight excluding hydrogens is 202 g/mol. The average molecular weight is 217 g/mol. The second-order valence-corrected chi connectivity index (χ2v) is 4.64. The van der Waals surface area contributed by atoms with Crippen molar-refractivity contribution >= 4 is 12.0 Å². The Bertz CT molecular complexity index is 461. The zero-order valence-electron chi connectivity index (χ0n) is 9.49. The molecule has 1 aliphatic heterocycles. The van der Waals surface area contributed by atoms with Gasteiger partial charge in [-0.25, -0.2) is 0 Å². The summed E-state index contributed by atoms with van der Waals surface area (Å²) in [6.07, 6.45) is 3.97. The van der Waals surface area contributed by atoms with Crippen LogP contribution >= 0.6 is 0 Å². The molecule has 0 bridgehead atoms. The third-order valence-electron chi connectivity index (χ3n) is 2.53. The molecular formula is C13H15NO2. The fraction of sp³-hybridized carbons (Fsp3) is 0.308. The molecule has 1 aromatic carbocycles. The van der Waals surface area contributed by atoms with E-state index in [9.17, 15) is 4.79 Å². The van der Waals surface area contributed by atoms with E-state index in [1.54, 1.807) is 6.08 Å². The first-order chi connectivity index (χ1) is 7.46. The fourth-order valence-electron chi connectivity index (χ4n) is 1.91. The van der Waals surface area contributed by atoms with Gasteiger partial charge >= 0.3 is 0 Å². The Kier molecular flexibility index (Phi) is 2.46. The molecule has 3 nitrogen and oxygen atoms in total. The summed E-state index contributed by atoms with van der Waals surface area (Å²) in [7, 11) is 0. The van der Waals surface area contributed by atoms with Gasteiger partial charge in [-0.15, -0.1) is 0 Å². The molecule has 1 aliphatic rings. The molecule has 2 N–H and O–H groups in total. The van der Waals surface area contributed by atoms with E-state index < -0.39 is 5.91 Å². The Morgan fingerprint density at radius 2 is 2.25 bits per heavy atom. The van der Waals surface area contributed by atoms with Crippen LogP contribution in [0.1, 0.15) is 25.0 Å². The van der Waals surface area contributed by atoms with Crippen LogP contribution in [0.15, 0.2) is 24.3 Å². The molecule has 0 saturated carbocycles. The number of benzene rings is 1. The highest BCUT2D eigenvalue weighted by molar-refractivity contribution is 5.90. The number of carbonyl (C=O) groups is 1. The summed E-state index contributed by atoms with van der Waals surface area (Å²) in [6.45, 7) is 4.12. The number of amides is 1. The smallest absolute Gasteiger partial charge is 0.241 e. The van der Waals surface area contributed by atoms with Gasteiger partial charge in [0.25, 0.3) is 0 Å². The van der Waals surface area contributed by atoms with E-state index in [1.807, 2.05) is 18.2 Å². The Morgan fingerprint density at radius 3 is 2.94 bits per heavy atom. The zero-order chi connectivity index (χ0) is 11.8. The molecule has 0 radical (unpaired) electrons. The van der Waals surface area contributed by atoms with E-state index in [2.05, 4.69) is 13.8 Å². The van der Waals surface area contributed by atoms with Crippen molar-refractivity contribution in [2.75, 3.05) is 0 Å². The maximum absolute atomic E-state index is 10.6. The second kappa shape index (κ2) is 3.67. The Morgan fingerprint density at radius 1 is 1.50 bits per heavy atom. The van der Waals surface area contributed by atoms with Crippen molar-refractivity contribution in [1.82, 2.24) is 0 Å². The van der Waals surface area contributed by atoms with Crippen LogP contribution in [-0.4, -0.2) is 11.5 Å². The molecule has 0 saturated heterocycles. The third-order valence-corrected chi connectivity index (χ3v) is 2.53. The van der Waals surface area contributed by atoms with Crippen LogP contribution in [0.4, 0.5) is 0 Å². The summed E-state index contributed by atoms with van der Waals surface area (Å²) in [5.41, 5.74) is 7.06. The van der Waals surface area contributed by atoms with Gasteiger partial charge < -0.3 is 10.5 Å². The predicted octanol–water partition coefficient (Wildman–Crippen LogP) is 1.90. The van der Waals surface area contributed by atoms with E-state index >= 15 is 0 Å².